The molecule has 0 fully saturated rings. The second kappa shape index (κ2) is 5.06. The van der Waals surface area contributed by atoms with Crippen molar-refractivity contribution in [3.8, 4) is 11.8 Å². The van der Waals surface area contributed by atoms with Gasteiger partial charge in [0.25, 0.3) is 0 Å². The Morgan fingerprint density at radius 3 is 2.94 bits per heavy atom. The third-order valence-corrected chi connectivity index (χ3v) is 2.28. The first kappa shape index (κ1) is 11.7. The Bertz CT molecular complexity index is 634. The Hall–Kier alpha value is -2.74. The van der Waals surface area contributed by atoms with Gasteiger partial charge in [0, 0.05) is 18.3 Å². The van der Waals surface area contributed by atoms with Crippen molar-refractivity contribution >= 4 is 11.7 Å². The highest BCUT2D eigenvalue weighted by Crippen LogP contribution is 2.09. The van der Waals surface area contributed by atoms with Gasteiger partial charge in [-0.3, -0.25) is 0 Å². The second-order valence-electron chi connectivity index (χ2n) is 3.71. The Morgan fingerprint density at radius 2 is 2.28 bits per heavy atom. The highest BCUT2D eigenvalue weighted by Gasteiger charge is 1.96. The summed E-state index contributed by atoms with van der Waals surface area (Å²) < 4.78 is 1.83. The van der Waals surface area contributed by atoms with Crippen LogP contribution in [0.3, 0.4) is 0 Å². The van der Waals surface area contributed by atoms with Crippen LogP contribution in [0.25, 0.3) is 0 Å². The Morgan fingerprint density at radius 1 is 1.44 bits per heavy atom. The number of hydrogen-bond donors (Lipinski definition) is 2. The zero-order valence-electron chi connectivity index (χ0n) is 9.84. The first-order valence-corrected chi connectivity index (χ1v) is 5.30. The third kappa shape index (κ3) is 2.89. The number of aryl methyl sites for hydroxylation is 1. The quantitative estimate of drug-likeness (QED) is 0.737. The van der Waals surface area contributed by atoms with Crippen LogP contribution in [0.4, 0.5) is 10.5 Å². The van der Waals surface area contributed by atoms with Crippen molar-refractivity contribution in [3.05, 3.63) is 48.0 Å². The molecule has 3 N–H and O–H groups in total. The lowest BCUT2D eigenvalue weighted by Crippen LogP contribution is -2.19. The molecule has 2 rings (SSSR count). The number of benzene rings is 1. The number of carbonyl (C=O) groups is 1. The molecule has 0 bridgehead atoms. The summed E-state index contributed by atoms with van der Waals surface area (Å²) in [6.07, 6.45) is 3.38. The summed E-state index contributed by atoms with van der Waals surface area (Å²) in [5, 5.41) is 2.50. The molecular formula is C13H12N4O. The summed E-state index contributed by atoms with van der Waals surface area (Å²) >= 11 is 0. The Balaban J connectivity index is 2.22. The lowest BCUT2D eigenvalue weighted by atomic mass is 10.2. The largest absolute Gasteiger partial charge is 0.351 e. The van der Waals surface area contributed by atoms with Crippen LogP contribution in [0, 0.1) is 11.8 Å². The van der Waals surface area contributed by atoms with E-state index >= 15 is 0 Å². The van der Waals surface area contributed by atoms with Gasteiger partial charge in [0.1, 0.15) is 5.69 Å². The van der Waals surface area contributed by atoms with E-state index in [1.807, 2.05) is 17.7 Å². The van der Waals surface area contributed by atoms with Crippen molar-refractivity contribution in [2.45, 2.75) is 0 Å². The Labute approximate surface area is 105 Å². The molecule has 90 valence electrons. The van der Waals surface area contributed by atoms with Gasteiger partial charge in [-0.1, -0.05) is 12.0 Å². The molecule has 0 aliphatic rings. The van der Waals surface area contributed by atoms with Gasteiger partial charge in [-0.05, 0) is 24.1 Å². The highest BCUT2D eigenvalue weighted by atomic mass is 16.2. The number of amides is 2. The zero-order valence-corrected chi connectivity index (χ0v) is 9.84. The van der Waals surface area contributed by atoms with E-state index in [2.05, 4.69) is 22.1 Å². The normalized spacial score (nSPS) is 9.39. The standard InChI is InChI=1S/C13H12N4O/c1-17-9-15-8-12(17)6-5-10-3-2-4-11(7-10)16-13(14)18/h2-4,7-9H,1H3,(H3,14,16,18). The molecule has 0 radical (unpaired) electrons. The summed E-state index contributed by atoms with van der Waals surface area (Å²) in [5.41, 5.74) is 7.29. The number of aromatic nitrogens is 2. The molecule has 1 heterocycles. The maximum absolute atomic E-state index is 10.7. The fourth-order valence-electron chi connectivity index (χ4n) is 1.43. The molecule has 0 aliphatic carbocycles. The van der Waals surface area contributed by atoms with Crippen LogP contribution in [0.5, 0.6) is 0 Å². The van der Waals surface area contributed by atoms with Gasteiger partial charge in [-0.15, -0.1) is 0 Å². The number of anilines is 1. The average Bonchev–Trinajstić information content (AvgIpc) is 2.72. The van der Waals surface area contributed by atoms with Crippen LogP contribution in [0.15, 0.2) is 36.8 Å². The van der Waals surface area contributed by atoms with Gasteiger partial charge in [0.05, 0.1) is 12.5 Å². The number of primary amides is 1. The third-order valence-electron chi connectivity index (χ3n) is 2.28. The van der Waals surface area contributed by atoms with Gasteiger partial charge in [-0.2, -0.15) is 0 Å². The predicted octanol–water partition coefficient (Wildman–Crippen LogP) is 1.31. The molecule has 1 aromatic carbocycles. The summed E-state index contributed by atoms with van der Waals surface area (Å²) in [7, 11) is 1.88. The molecule has 0 spiro atoms. The van der Waals surface area contributed by atoms with Crippen molar-refractivity contribution < 1.29 is 4.79 Å². The number of hydrogen-bond acceptors (Lipinski definition) is 2. The molecule has 0 unspecified atom stereocenters. The van der Waals surface area contributed by atoms with E-state index in [4.69, 9.17) is 5.73 Å². The summed E-state index contributed by atoms with van der Waals surface area (Å²) in [5.74, 6) is 5.99. The summed E-state index contributed by atoms with van der Waals surface area (Å²) in [6.45, 7) is 0. The molecule has 0 saturated heterocycles. The number of carbonyl (C=O) groups excluding carboxylic acids is 1. The SMILES string of the molecule is Cn1cncc1C#Cc1cccc(NC(N)=O)c1. The molecule has 5 heteroatoms. The predicted molar refractivity (Wildman–Crippen MR) is 68.8 cm³/mol. The molecule has 0 saturated carbocycles. The minimum absolute atomic E-state index is 0.591. The fourth-order valence-corrected chi connectivity index (χ4v) is 1.43. The van der Waals surface area contributed by atoms with Crippen molar-refractivity contribution in [2.24, 2.45) is 12.8 Å². The van der Waals surface area contributed by atoms with Crippen LogP contribution in [0.1, 0.15) is 11.3 Å². The lowest BCUT2D eigenvalue weighted by Gasteiger charge is -2.00. The van der Waals surface area contributed by atoms with Crippen LogP contribution < -0.4 is 11.1 Å². The van der Waals surface area contributed by atoms with E-state index in [9.17, 15) is 4.79 Å². The molecule has 1 aromatic heterocycles. The minimum atomic E-state index is -0.591. The van der Waals surface area contributed by atoms with Gasteiger partial charge in [-0.25, -0.2) is 9.78 Å². The highest BCUT2D eigenvalue weighted by molar-refractivity contribution is 5.87. The number of urea groups is 1. The van der Waals surface area contributed by atoms with Crippen LogP contribution in [0.2, 0.25) is 0 Å². The smallest absolute Gasteiger partial charge is 0.316 e. The number of rotatable bonds is 1. The second-order valence-corrected chi connectivity index (χ2v) is 3.71. The zero-order chi connectivity index (χ0) is 13.0. The monoisotopic (exact) mass is 240 g/mol. The van der Waals surface area contributed by atoms with Gasteiger partial charge < -0.3 is 15.6 Å². The van der Waals surface area contributed by atoms with E-state index in [1.54, 1.807) is 30.7 Å². The Kier molecular flexibility index (Phi) is 3.30. The topological polar surface area (TPSA) is 72.9 Å². The molecule has 18 heavy (non-hydrogen) atoms. The molecule has 2 aromatic rings. The maximum atomic E-state index is 10.7. The summed E-state index contributed by atoms with van der Waals surface area (Å²) in [6, 6.07) is 6.58. The molecular weight excluding hydrogens is 228 g/mol. The van der Waals surface area contributed by atoms with Crippen molar-refractivity contribution in [3.63, 3.8) is 0 Å². The number of nitrogens with one attached hydrogen (secondary N) is 1. The minimum Gasteiger partial charge on any atom is -0.351 e. The molecule has 0 atom stereocenters. The molecule has 0 aliphatic heterocycles. The lowest BCUT2D eigenvalue weighted by molar-refractivity contribution is 0.259. The van der Waals surface area contributed by atoms with Crippen LogP contribution >= 0.6 is 0 Å². The fraction of sp³-hybridized carbons (Fsp3) is 0.0769. The van der Waals surface area contributed by atoms with Crippen LogP contribution in [-0.4, -0.2) is 15.6 Å². The van der Waals surface area contributed by atoms with Gasteiger partial charge in [0.2, 0.25) is 0 Å². The molecule has 2 amide bonds. The van der Waals surface area contributed by atoms with Crippen LogP contribution in [-0.2, 0) is 7.05 Å². The van der Waals surface area contributed by atoms with E-state index in [0.717, 1.165) is 11.3 Å². The van der Waals surface area contributed by atoms with Crippen molar-refractivity contribution in [1.29, 1.82) is 0 Å². The number of imidazole rings is 1. The number of nitrogens with zero attached hydrogens (tertiary/aromatic N) is 2. The molecule has 5 nitrogen and oxygen atoms in total. The van der Waals surface area contributed by atoms with E-state index in [-0.39, 0.29) is 0 Å². The number of nitrogens with two attached hydrogens (primary N) is 1. The first-order valence-electron chi connectivity index (χ1n) is 5.30. The first-order chi connectivity index (χ1) is 8.65. The van der Waals surface area contributed by atoms with Gasteiger partial charge in [0.15, 0.2) is 0 Å². The summed E-state index contributed by atoms with van der Waals surface area (Å²) in [4.78, 5) is 14.7. The van der Waals surface area contributed by atoms with Crippen molar-refractivity contribution in [2.75, 3.05) is 5.32 Å². The van der Waals surface area contributed by atoms with E-state index in [0.29, 0.717) is 5.69 Å². The average molecular weight is 240 g/mol. The van der Waals surface area contributed by atoms with E-state index in [1.165, 1.54) is 0 Å². The van der Waals surface area contributed by atoms with E-state index < -0.39 is 6.03 Å². The maximum Gasteiger partial charge on any atom is 0.316 e. The van der Waals surface area contributed by atoms with Gasteiger partial charge >= 0.3 is 6.03 Å². The van der Waals surface area contributed by atoms with Crippen molar-refractivity contribution in [1.82, 2.24) is 9.55 Å².